The Balaban J connectivity index is 0.000000960. The summed E-state index contributed by atoms with van der Waals surface area (Å²) in [6.45, 7) is 4.94. The second-order valence-corrected chi connectivity index (χ2v) is 10.6. The molecular weight excluding hydrogens is 384 g/mol. The maximum Gasteiger partial charge on any atom is 0 e. The Bertz CT molecular complexity index is 851. The summed E-state index contributed by atoms with van der Waals surface area (Å²) in [6.07, 6.45) is 0. The molecule has 4 aromatic carbocycles. The maximum atomic E-state index is 2.47. The van der Waals surface area contributed by atoms with E-state index in [1.165, 1.54) is 21.5 Å². The number of hydrogen-bond acceptors (Lipinski definition) is 0. The van der Waals surface area contributed by atoms with Crippen molar-refractivity contribution < 1.29 is 26.2 Å². The fourth-order valence-corrected chi connectivity index (χ4v) is 6.63. The van der Waals surface area contributed by atoms with Crippen molar-refractivity contribution in [2.24, 2.45) is 0 Å². The van der Waals surface area contributed by atoms with E-state index < -0.39 is 8.07 Å². The predicted octanol–water partition coefficient (Wildman–Crippen LogP) is 5.15. The van der Waals surface area contributed by atoms with Crippen LogP contribution in [0.2, 0.25) is 13.1 Å². The minimum absolute atomic E-state index is 0. The molecular formula is C22H24SiZr-8. The SMILES string of the molecule is C[Si](C)([c-]1ccc2ccccc21)[c-]1[cH-][cH-][c-]2cccc[c-]12.[CH3-].[CH3-].[Zr]. The molecule has 0 aliphatic rings. The maximum absolute atomic E-state index is 2.47. The van der Waals surface area contributed by atoms with Gasteiger partial charge in [0, 0.05) is 26.2 Å². The molecule has 0 aromatic heterocycles. The van der Waals surface area contributed by atoms with E-state index >= 15 is 0 Å². The number of hydrogen-bond donors (Lipinski definition) is 0. The van der Waals surface area contributed by atoms with Crippen LogP contribution in [0.3, 0.4) is 0 Å². The summed E-state index contributed by atoms with van der Waals surface area (Å²) in [5.41, 5.74) is 0. The fourth-order valence-electron chi connectivity index (χ4n) is 3.54. The van der Waals surface area contributed by atoms with Crippen LogP contribution in [0.4, 0.5) is 0 Å². The van der Waals surface area contributed by atoms with E-state index in [2.05, 4.69) is 85.9 Å². The monoisotopic (exact) mass is 406 g/mol. The molecule has 2 heteroatoms. The van der Waals surface area contributed by atoms with E-state index in [9.17, 15) is 0 Å². The molecule has 0 nitrogen and oxygen atoms in total. The Morgan fingerprint density at radius 3 is 2.33 bits per heavy atom. The first-order valence-corrected chi connectivity index (χ1v) is 10.5. The molecule has 0 saturated heterocycles. The molecule has 0 radical (unpaired) electrons. The first-order chi connectivity index (χ1) is 10.2. The Labute approximate surface area is 166 Å². The molecule has 0 aliphatic heterocycles. The van der Waals surface area contributed by atoms with Crippen LogP contribution in [-0.2, 0) is 26.2 Å². The smallest absolute Gasteiger partial charge is 0 e. The third kappa shape index (κ3) is 3.15. The van der Waals surface area contributed by atoms with Gasteiger partial charge in [0.25, 0.3) is 0 Å². The van der Waals surface area contributed by atoms with E-state index in [1.807, 2.05) is 0 Å². The third-order valence-corrected chi connectivity index (χ3v) is 8.27. The molecule has 0 bridgehead atoms. The van der Waals surface area contributed by atoms with Crippen molar-refractivity contribution >= 4 is 40.0 Å². The largest absolute Gasteiger partial charge is 0.792 e. The normalized spacial score (nSPS) is 10.8. The summed E-state index contributed by atoms with van der Waals surface area (Å²) in [5.74, 6) is 0. The van der Waals surface area contributed by atoms with Crippen LogP contribution in [-0.4, -0.2) is 8.07 Å². The standard InChI is InChI=1S/C20H18Si.2CH3.Zr/c1-21(2,19-13-11-15-7-3-5-9-17(15)19)20-14-12-16-8-4-6-10-18(16)20;;;/h3-14H,1-2H3;2*1H3;/q-6;2*-1;. The molecule has 0 amide bonds. The van der Waals surface area contributed by atoms with Gasteiger partial charge in [-0.2, -0.15) is 22.7 Å². The van der Waals surface area contributed by atoms with Gasteiger partial charge in [0.05, 0.1) is 0 Å². The summed E-state index contributed by atoms with van der Waals surface area (Å²) < 4.78 is 0. The molecule has 0 unspecified atom stereocenters. The van der Waals surface area contributed by atoms with Crippen LogP contribution in [0.5, 0.6) is 0 Å². The van der Waals surface area contributed by atoms with E-state index in [0.29, 0.717) is 0 Å². The molecule has 4 rings (SSSR count). The molecule has 0 atom stereocenters. The van der Waals surface area contributed by atoms with E-state index in [-0.39, 0.29) is 41.1 Å². The number of rotatable bonds is 2. The van der Waals surface area contributed by atoms with Crippen LogP contribution in [0.1, 0.15) is 0 Å². The van der Waals surface area contributed by atoms with Crippen molar-refractivity contribution in [3.05, 3.63) is 87.6 Å². The Morgan fingerprint density at radius 1 is 0.833 bits per heavy atom. The molecule has 0 N–H and O–H groups in total. The molecule has 0 spiro atoms. The minimum Gasteiger partial charge on any atom is -0.792 e. The number of benzene rings is 2. The van der Waals surface area contributed by atoms with Crippen LogP contribution in [0.25, 0.3) is 21.5 Å². The molecule has 128 valence electrons. The van der Waals surface area contributed by atoms with Crippen molar-refractivity contribution in [3.63, 3.8) is 0 Å². The van der Waals surface area contributed by atoms with Crippen molar-refractivity contribution in [1.29, 1.82) is 0 Å². The van der Waals surface area contributed by atoms with Gasteiger partial charge in [0.1, 0.15) is 0 Å². The summed E-state index contributed by atoms with van der Waals surface area (Å²) in [4.78, 5) is 0. The van der Waals surface area contributed by atoms with Gasteiger partial charge in [0.2, 0.25) is 0 Å². The predicted molar refractivity (Wildman–Crippen MR) is 109 cm³/mol. The molecule has 0 saturated carbocycles. The van der Waals surface area contributed by atoms with E-state index in [0.717, 1.165) is 0 Å². The average Bonchev–Trinajstić information content (AvgIpc) is 3.12. The molecule has 0 fully saturated rings. The van der Waals surface area contributed by atoms with Crippen LogP contribution < -0.4 is 10.4 Å². The van der Waals surface area contributed by atoms with Crippen LogP contribution in [0, 0.1) is 14.9 Å². The molecule has 4 aromatic rings. The van der Waals surface area contributed by atoms with Crippen molar-refractivity contribution in [2.75, 3.05) is 0 Å². The van der Waals surface area contributed by atoms with E-state index in [4.69, 9.17) is 0 Å². The van der Waals surface area contributed by atoms with Gasteiger partial charge in [-0.25, -0.2) is 6.07 Å². The second-order valence-electron chi connectivity index (χ2n) is 6.29. The van der Waals surface area contributed by atoms with Gasteiger partial charge in [-0.3, -0.25) is 6.07 Å². The molecule has 24 heavy (non-hydrogen) atoms. The van der Waals surface area contributed by atoms with Crippen LogP contribution in [0.15, 0.2) is 72.8 Å². The minimum atomic E-state index is -1.68. The topological polar surface area (TPSA) is 0 Å². The average molecular weight is 408 g/mol. The second kappa shape index (κ2) is 7.76. The van der Waals surface area contributed by atoms with Gasteiger partial charge in [-0.05, 0) is 0 Å². The third-order valence-electron chi connectivity index (χ3n) is 4.71. The fraction of sp³-hybridized carbons (Fsp3) is 0.0909. The first-order valence-electron chi connectivity index (χ1n) is 7.48. The Morgan fingerprint density at radius 2 is 1.54 bits per heavy atom. The van der Waals surface area contributed by atoms with Gasteiger partial charge >= 0.3 is 0 Å². The van der Waals surface area contributed by atoms with Gasteiger partial charge in [-0.1, -0.05) is 19.2 Å². The summed E-state index contributed by atoms with van der Waals surface area (Å²) in [7, 11) is -1.68. The first kappa shape index (κ1) is 20.8. The quantitative estimate of drug-likeness (QED) is 0.318. The Kier molecular flexibility index (Phi) is 6.73. The number of fused-ring (bicyclic) bond motifs is 2. The van der Waals surface area contributed by atoms with Gasteiger partial charge < -0.3 is 49.0 Å². The molecule has 0 heterocycles. The van der Waals surface area contributed by atoms with Crippen molar-refractivity contribution in [3.8, 4) is 0 Å². The van der Waals surface area contributed by atoms with E-state index in [1.54, 1.807) is 10.4 Å². The van der Waals surface area contributed by atoms with Gasteiger partial charge in [-0.15, -0.1) is 37.7 Å². The Hall–Kier alpha value is -1.24. The summed E-state index contributed by atoms with van der Waals surface area (Å²) >= 11 is 0. The summed E-state index contributed by atoms with van der Waals surface area (Å²) in [5, 5.41) is 8.69. The van der Waals surface area contributed by atoms with Crippen LogP contribution >= 0.6 is 0 Å². The summed E-state index contributed by atoms with van der Waals surface area (Å²) in [6, 6.07) is 26.7. The zero-order valence-corrected chi connectivity index (χ0v) is 18.4. The van der Waals surface area contributed by atoms with Crippen molar-refractivity contribution in [2.45, 2.75) is 13.1 Å². The zero-order chi connectivity index (χ0) is 14.4. The molecule has 0 aliphatic carbocycles. The van der Waals surface area contributed by atoms with Crippen molar-refractivity contribution in [1.82, 2.24) is 0 Å². The van der Waals surface area contributed by atoms with Gasteiger partial charge in [0.15, 0.2) is 0 Å². The zero-order valence-electron chi connectivity index (χ0n) is 14.9.